The Hall–Kier alpha value is -0.760. The molecule has 0 aliphatic carbocycles. The van der Waals surface area contributed by atoms with Crippen LogP contribution < -0.4 is 10.1 Å². The van der Waals surface area contributed by atoms with Crippen molar-refractivity contribution in [3.63, 3.8) is 0 Å². The van der Waals surface area contributed by atoms with Gasteiger partial charge in [-0.05, 0) is 24.1 Å². The molecule has 1 aromatic rings. The molecule has 1 atom stereocenters. The molecule has 1 saturated heterocycles. The summed E-state index contributed by atoms with van der Waals surface area (Å²) >= 11 is 0. The highest BCUT2D eigenvalue weighted by Crippen LogP contribution is 2.31. The zero-order valence-corrected chi connectivity index (χ0v) is 14.9. The first-order valence-electron chi connectivity index (χ1n) is 7.40. The van der Waals surface area contributed by atoms with Crippen LogP contribution in [0.15, 0.2) is 18.2 Å². The third kappa shape index (κ3) is 6.63. The Morgan fingerprint density at radius 2 is 1.83 bits per heavy atom. The van der Waals surface area contributed by atoms with Crippen LogP contribution in [0.4, 0.5) is 17.6 Å². The van der Waals surface area contributed by atoms with E-state index in [0.29, 0.717) is 5.56 Å². The molecule has 1 fully saturated rings. The molecule has 0 spiro atoms. The van der Waals surface area contributed by atoms with Gasteiger partial charge in [0, 0.05) is 32.2 Å². The summed E-state index contributed by atoms with van der Waals surface area (Å²) < 4.78 is 54.1. The Morgan fingerprint density at radius 3 is 2.33 bits per heavy atom. The first-order chi connectivity index (χ1) is 10.4. The van der Waals surface area contributed by atoms with Gasteiger partial charge in [0.25, 0.3) is 0 Å². The maximum atomic E-state index is 13.9. The third-order valence-corrected chi connectivity index (χ3v) is 3.72. The Bertz CT molecular complexity index is 497. The van der Waals surface area contributed by atoms with E-state index < -0.39 is 17.9 Å². The van der Waals surface area contributed by atoms with Gasteiger partial charge >= 0.3 is 6.36 Å². The second-order valence-corrected chi connectivity index (χ2v) is 5.33. The quantitative estimate of drug-likeness (QED) is 0.755. The van der Waals surface area contributed by atoms with Crippen LogP contribution in [0, 0.1) is 5.82 Å². The van der Waals surface area contributed by atoms with Crippen molar-refractivity contribution in [2.45, 2.75) is 32.2 Å². The molecule has 2 rings (SSSR count). The lowest BCUT2D eigenvalue weighted by Gasteiger charge is -2.35. The van der Waals surface area contributed by atoms with Gasteiger partial charge < -0.3 is 10.1 Å². The zero-order chi connectivity index (χ0) is 16.2. The van der Waals surface area contributed by atoms with Crippen molar-refractivity contribution in [3.8, 4) is 5.75 Å². The topological polar surface area (TPSA) is 24.5 Å². The molecule has 0 bridgehead atoms. The van der Waals surface area contributed by atoms with Crippen molar-refractivity contribution in [2.75, 3.05) is 26.2 Å². The average molecular weight is 393 g/mol. The molecule has 9 heteroatoms. The van der Waals surface area contributed by atoms with Crippen molar-refractivity contribution in [3.05, 3.63) is 29.6 Å². The standard InChI is InChI=1S/C15H20F4N2O.2ClH/c1-2-3-13(21-8-6-20-7-9-21)11-4-5-14(12(16)10-11)22-15(17,18)19;;/h4-5,10,13,20H,2-3,6-9H2,1H3;2*1H/t13-;;/m1../s1. The number of hydrogen-bond donors (Lipinski definition) is 1. The monoisotopic (exact) mass is 392 g/mol. The predicted molar refractivity (Wildman–Crippen MR) is 89.7 cm³/mol. The second-order valence-electron chi connectivity index (χ2n) is 5.33. The summed E-state index contributed by atoms with van der Waals surface area (Å²) in [7, 11) is 0. The van der Waals surface area contributed by atoms with Gasteiger partial charge in [0.1, 0.15) is 0 Å². The van der Waals surface area contributed by atoms with Gasteiger partial charge in [-0.2, -0.15) is 0 Å². The molecule has 1 heterocycles. The highest BCUT2D eigenvalue weighted by atomic mass is 35.5. The van der Waals surface area contributed by atoms with Gasteiger partial charge in [0.15, 0.2) is 11.6 Å². The fourth-order valence-electron chi connectivity index (χ4n) is 2.76. The number of nitrogens with one attached hydrogen (secondary N) is 1. The van der Waals surface area contributed by atoms with Crippen molar-refractivity contribution < 1.29 is 22.3 Å². The van der Waals surface area contributed by atoms with Gasteiger partial charge in [-0.25, -0.2) is 4.39 Å². The van der Waals surface area contributed by atoms with E-state index in [4.69, 9.17) is 0 Å². The highest BCUT2D eigenvalue weighted by molar-refractivity contribution is 5.85. The molecule has 0 saturated carbocycles. The van der Waals surface area contributed by atoms with Crippen molar-refractivity contribution in [1.82, 2.24) is 10.2 Å². The summed E-state index contributed by atoms with van der Waals surface area (Å²) in [6, 6.07) is 3.75. The highest BCUT2D eigenvalue weighted by Gasteiger charge is 2.32. The molecule has 0 aromatic heterocycles. The molecule has 3 nitrogen and oxygen atoms in total. The SMILES string of the molecule is CCC[C@H](c1ccc(OC(F)(F)F)c(F)c1)N1CCNCC1.Cl.Cl. The fraction of sp³-hybridized carbons (Fsp3) is 0.600. The van der Waals surface area contributed by atoms with E-state index in [1.54, 1.807) is 0 Å². The van der Waals surface area contributed by atoms with E-state index in [9.17, 15) is 17.6 Å². The number of ether oxygens (including phenoxy) is 1. The zero-order valence-electron chi connectivity index (χ0n) is 13.2. The number of benzene rings is 1. The van der Waals surface area contributed by atoms with E-state index in [1.807, 2.05) is 6.92 Å². The summed E-state index contributed by atoms with van der Waals surface area (Å²) in [6.07, 6.45) is -3.14. The van der Waals surface area contributed by atoms with Gasteiger partial charge in [-0.15, -0.1) is 38.0 Å². The van der Waals surface area contributed by atoms with Crippen molar-refractivity contribution >= 4 is 24.8 Å². The summed E-state index contributed by atoms with van der Waals surface area (Å²) in [5.74, 6) is -1.77. The van der Waals surface area contributed by atoms with Gasteiger partial charge in [-0.1, -0.05) is 19.4 Å². The number of alkyl halides is 3. The number of halogens is 6. The molecule has 1 N–H and O–H groups in total. The molecular formula is C15H22Cl2F4N2O. The van der Waals surface area contributed by atoms with Gasteiger partial charge in [0.05, 0.1) is 0 Å². The smallest absolute Gasteiger partial charge is 0.403 e. The Morgan fingerprint density at radius 1 is 1.21 bits per heavy atom. The molecule has 140 valence electrons. The second kappa shape index (κ2) is 10.3. The van der Waals surface area contributed by atoms with E-state index >= 15 is 0 Å². The van der Waals surface area contributed by atoms with Crippen LogP contribution in [0.3, 0.4) is 0 Å². The van der Waals surface area contributed by atoms with Crippen LogP contribution in [0.2, 0.25) is 0 Å². The molecule has 0 radical (unpaired) electrons. The van der Waals surface area contributed by atoms with Gasteiger partial charge in [-0.3, -0.25) is 4.90 Å². The minimum atomic E-state index is -4.89. The number of nitrogens with zero attached hydrogens (tertiary/aromatic N) is 1. The fourth-order valence-corrected chi connectivity index (χ4v) is 2.76. The molecule has 0 amide bonds. The van der Waals surface area contributed by atoms with Crippen LogP contribution in [0.25, 0.3) is 0 Å². The Kier molecular flexibility index (Phi) is 9.96. The Balaban J connectivity index is 0.00000264. The number of piperazine rings is 1. The van der Waals surface area contributed by atoms with Crippen molar-refractivity contribution in [1.29, 1.82) is 0 Å². The number of rotatable bonds is 5. The average Bonchev–Trinajstić information content (AvgIpc) is 2.47. The molecule has 0 unspecified atom stereocenters. The predicted octanol–water partition coefficient (Wildman–Crippen LogP) is 4.31. The third-order valence-electron chi connectivity index (χ3n) is 3.72. The lowest BCUT2D eigenvalue weighted by atomic mass is 9.99. The van der Waals surface area contributed by atoms with Crippen LogP contribution in [0.5, 0.6) is 5.75 Å². The molecule has 1 aliphatic heterocycles. The number of hydrogen-bond acceptors (Lipinski definition) is 3. The van der Waals surface area contributed by atoms with Crippen LogP contribution in [0.1, 0.15) is 31.4 Å². The van der Waals surface area contributed by atoms with Gasteiger partial charge in [0.2, 0.25) is 0 Å². The summed E-state index contributed by atoms with van der Waals surface area (Å²) in [4.78, 5) is 2.24. The largest absolute Gasteiger partial charge is 0.573 e. The van der Waals surface area contributed by atoms with Crippen LogP contribution >= 0.6 is 24.8 Å². The van der Waals surface area contributed by atoms with E-state index in [0.717, 1.165) is 51.2 Å². The summed E-state index contributed by atoms with van der Waals surface area (Å²) in [6.45, 7) is 5.43. The maximum Gasteiger partial charge on any atom is 0.573 e. The molecule has 24 heavy (non-hydrogen) atoms. The van der Waals surface area contributed by atoms with E-state index in [2.05, 4.69) is 15.0 Å². The maximum absolute atomic E-state index is 13.9. The Labute approximate surface area is 151 Å². The lowest BCUT2D eigenvalue weighted by Crippen LogP contribution is -2.45. The van der Waals surface area contributed by atoms with Crippen LogP contribution in [-0.2, 0) is 0 Å². The minimum Gasteiger partial charge on any atom is -0.403 e. The molecule has 1 aliphatic rings. The summed E-state index contributed by atoms with van der Waals surface area (Å²) in [5.41, 5.74) is 0.691. The summed E-state index contributed by atoms with van der Waals surface area (Å²) in [5, 5.41) is 3.25. The lowest BCUT2D eigenvalue weighted by molar-refractivity contribution is -0.275. The molecular weight excluding hydrogens is 371 g/mol. The normalized spacial score (nSPS) is 16.7. The van der Waals surface area contributed by atoms with Crippen molar-refractivity contribution in [2.24, 2.45) is 0 Å². The van der Waals surface area contributed by atoms with E-state index in [-0.39, 0.29) is 30.9 Å². The van der Waals surface area contributed by atoms with Crippen LogP contribution in [-0.4, -0.2) is 37.4 Å². The first-order valence-corrected chi connectivity index (χ1v) is 7.40. The molecule has 1 aromatic carbocycles. The van der Waals surface area contributed by atoms with E-state index in [1.165, 1.54) is 6.07 Å². The first kappa shape index (κ1) is 23.2. The minimum absolute atomic E-state index is 0.